The fraction of sp³-hybridized carbons (Fsp3) is 0.227. The van der Waals surface area contributed by atoms with Gasteiger partial charge in [0.05, 0.1) is 4.88 Å². The molecule has 12 heteroatoms. The Hall–Kier alpha value is -3.48. The number of ether oxygens (including phenoxy) is 1. The van der Waals surface area contributed by atoms with Crippen molar-refractivity contribution in [1.82, 2.24) is 19.9 Å². The second kappa shape index (κ2) is 8.38. The van der Waals surface area contributed by atoms with Gasteiger partial charge in [0.1, 0.15) is 26.9 Å². The number of rotatable bonds is 5. The molecular weight excluding hydrogens is 478 g/mol. The van der Waals surface area contributed by atoms with Gasteiger partial charge in [-0.25, -0.2) is 13.6 Å². The number of fused-ring (bicyclic) bond motifs is 1. The number of primary sulfonamides is 1. The molecule has 4 rings (SSSR count). The molecule has 4 aromatic heterocycles. The summed E-state index contributed by atoms with van der Waals surface area (Å²) < 4.78 is 32.3. The van der Waals surface area contributed by atoms with Crippen molar-refractivity contribution in [2.24, 2.45) is 12.2 Å². The summed E-state index contributed by atoms with van der Waals surface area (Å²) in [6, 6.07) is 1.56. The molecule has 0 saturated heterocycles. The van der Waals surface area contributed by atoms with Crippen LogP contribution in [0.1, 0.15) is 27.2 Å². The third-order valence-electron chi connectivity index (χ3n) is 5.44. The van der Waals surface area contributed by atoms with Crippen molar-refractivity contribution < 1.29 is 17.9 Å². The largest absolute Gasteiger partial charge is 0.455 e. The molecule has 0 bridgehead atoms. The number of hydrogen-bond donors (Lipinski definition) is 3. The Balaban J connectivity index is 2.07. The van der Waals surface area contributed by atoms with E-state index >= 15 is 0 Å². The highest BCUT2D eigenvalue weighted by Crippen LogP contribution is 2.48. The summed E-state index contributed by atoms with van der Waals surface area (Å²) >= 11 is 0.947. The highest BCUT2D eigenvalue weighted by Gasteiger charge is 2.28. The molecular formula is C22H23N5O5S2. The summed E-state index contributed by atoms with van der Waals surface area (Å²) in [5.74, 6) is 0.449. The third-order valence-corrected chi connectivity index (χ3v) is 8.32. The molecule has 0 aliphatic carbocycles. The lowest BCUT2D eigenvalue weighted by atomic mass is 10.1. The molecule has 4 heterocycles. The molecule has 4 aromatic rings. The van der Waals surface area contributed by atoms with Gasteiger partial charge in [-0.15, -0.1) is 11.3 Å². The molecule has 1 amide bonds. The summed E-state index contributed by atoms with van der Waals surface area (Å²) in [5, 5.41) is 8.48. The monoisotopic (exact) mass is 501 g/mol. The number of sulfonamides is 1. The van der Waals surface area contributed by atoms with Crippen LogP contribution in [-0.2, 0) is 17.1 Å². The van der Waals surface area contributed by atoms with Crippen molar-refractivity contribution in [2.75, 3.05) is 7.05 Å². The average Bonchev–Trinajstić information content (AvgIpc) is 3.35. The molecule has 0 atom stereocenters. The summed E-state index contributed by atoms with van der Waals surface area (Å²) in [7, 11) is -0.995. The number of aromatic amines is 1. The van der Waals surface area contributed by atoms with E-state index in [1.54, 1.807) is 38.6 Å². The number of pyridine rings is 2. The molecule has 0 spiro atoms. The van der Waals surface area contributed by atoms with Crippen LogP contribution in [-0.4, -0.2) is 35.9 Å². The standard InChI is InChI=1S/C22H23N5O5S2/c1-10-7-25-8-11(2)17(10)32-18-12(3)22(34(23,30)31)33-19(18)14-9-27(5)21(29)16-13(14)6-15(26-16)20(28)24-4/h6-9,26H,1-5H3,(H,24,28)(H2,23,30,31). The van der Waals surface area contributed by atoms with Crippen molar-refractivity contribution in [3.8, 4) is 21.9 Å². The number of H-pyrrole nitrogens is 1. The van der Waals surface area contributed by atoms with E-state index in [1.807, 2.05) is 13.8 Å². The molecule has 0 radical (unpaired) electrons. The van der Waals surface area contributed by atoms with Crippen LogP contribution < -0.4 is 20.8 Å². The Labute approximate surface area is 199 Å². The lowest BCUT2D eigenvalue weighted by molar-refractivity contribution is 0.0959. The topological polar surface area (TPSA) is 149 Å². The van der Waals surface area contributed by atoms with Gasteiger partial charge in [0.25, 0.3) is 11.5 Å². The van der Waals surface area contributed by atoms with Crippen LogP contribution in [0.2, 0.25) is 0 Å². The van der Waals surface area contributed by atoms with E-state index in [9.17, 15) is 18.0 Å². The molecule has 10 nitrogen and oxygen atoms in total. The molecule has 0 fully saturated rings. The molecule has 0 aromatic carbocycles. The van der Waals surface area contributed by atoms with Gasteiger partial charge in [0, 0.05) is 60.3 Å². The van der Waals surface area contributed by atoms with Crippen LogP contribution in [0.3, 0.4) is 0 Å². The maximum atomic E-state index is 12.8. The smallest absolute Gasteiger partial charge is 0.274 e. The Bertz CT molecular complexity index is 1610. The number of carbonyl (C=O) groups is 1. The molecule has 0 aliphatic heterocycles. The lowest BCUT2D eigenvalue weighted by Gasteiger charge is -2.14. The predicted molar refractivity (Wildman–Crippen MR) is 130 cm³/mol. The van der Waals surface area contributed by atoms with Gasteiger partial charge >= 0.3 is 0 Å². The second-order valence-corrected chi connectivity index (χ2v) is 10.7. The van der Waals surface area contributed by atoms with Crippen molar-refractivity contribution in [3.63, 3.8) is 0 Å². The predicted octanol–water partition coefficient (Wildman–Crippen LogP) is 2.71. The van der Waals surface area contributed by atoms with Gasteiger partial charge in [-0.05, 0) is 26.8 Å². The fourth-order valence-electron chi connectivity index (χ4n) is 3.77. The van der Waals surface area contributed by atoms with Gasteiger partial charge in [-0.1, -0.05) is 0 Å². The summed E-state index contributed by atoms with van der Waals surface area (Å²) in [6.07, 6.45) is 4.89. The van der Waals surface area contributed by atoms with Gasteiger partial charge in [0.15, 0.2) is 0 Å². The Morgan fingerprint density at radius 3 is 2.44 bits per heavy atom. The number of nitrogens with one attached hydrogen (secondary N) is 2. The van der Waals surface area contributed by atoms with Crippen molar-refractivity contribution in [3.05, 3.63) is 57.4 Å². The van der Waals surface area contributed by atoms with Gasteiger partial charge in [0.2, 0.25) is 10.0 Å². The Morgan fingerprint density at radius 1 is 1.21 bits per heavy atom. The number of hydrogen-bond acceptors (Lipinski definition) is 7. The van der Waals surface area contributed by atoms with Crippen LogP contribution >= 0.6 is 11.3 Å². The molecule has 0 unspecified atom stereocenters. The number of thiophene rings is 1. The maximum absolute atomic E-state index is 12.8. The van der Waals surface area contributed by atoms with Crippen LogP contribution in [0.4, 0.5) is 0 Å². The van der Waals surface area contributed by atoms with Crippen molar-refractivity contribution in [2.45, 2.75) is 25.0 Å². The van der Waals surface area contributed by atoms with Gasteiger partial charge in [-0.3, -0.25) is 14.6 Å². The fourth-order valence-corrected chi connectivity index (χ4v) is 6.00. The first-order valence-corrected chi connectivity index (χ1v) is 12.5. The number of aryl methyl sites for hydroxylation is 3. The van der Waals surface area contributed by atoms with E-state index < -0.39 is 15.9 Å². The molecule has 0 aliphatic rings. The van der Waals surface area contributed by atoms with Crippen LogP contribution in [0, 0.1) is 20.8 Å². The highest BCUT2D eigenvalue weighted by molar-refractivity contribution is 7.91. The first kappa shape index (κ1) is 23.7. The van der Waals surface area contributed by atoms with E-state index in [4.69, 9.17) is 9.88 Å². The van der Waals surface area contributed by atoms with E-state index in [0.29, 0.717) is 32.9 Å². The van der Waals surface area contributed by atoms with E-state index in [2.05, 4.69) is 15.3 Å². The number of nitrogens with two attached hydrogens (primary N) is 1. The minimum absolute atomic E-state index is 0.0501. The maximum Gasteiger partial charge on any atom is 0.274 e. The molecule has 4 N–H and O–H groups in total. The minimum Gasteiger partial charge on any atom is -0.455 e. The average molecular weight is 502 g/mol. The van der Waals surface area contributed by atoms with Crippen molar-refractivity contribution in [1.29, 1.82) is 0 Å². The van der Waals surface area contributed by atoms with Gasteiger partial charge < -0.3 is 19.6 Å². The Morgan fingerprint density at radius 2 is 1.85 bits per heavy atom. The van der Waals surface area contributed by atoms with Crippen LogP contribution in [0.5, 0.6) is 11.5 Å². The second-order valence-electron chi connectivity index (χ2n) is 7.93. The zero-order chi connectivity index (χ0) is 24.9. The number of amides is 1. The van der Waals surface area contributed by atoms with Crippen molar-refractivity contribution >= 4 is 38.2 Å². The molecule has 0 saturated carbocycles. The minimum atomic E-state index is -4.05. The zero-order valence-corrected chi connectivity index (χ0v) is 20.8. The summed E-state index contributed by atoms with van der Waals surface area (Å²) in [6.45, 7) is 5.29. The summed E-state index contributed by atoms with van der Waals surface area (Å²) in [4.78, 5) is 32.5. The van der Waals surface area contributed by atoms with E-state index in [0.717, 1.165) is 22.5 Å². The van der Waals surface area contributed by atoms with Crippen LogP contribution in [0.15, 0.2) is 33.7 Å². The number of carbonyl (C=O) groups excluding carboxylic acids is 1. The SMILES string of the molecule is CNC(=O)c1cc2c(-c3sc(S(N)(=O)=O)c(C)c3Oc3c(C)cncc3C)cn(C)c(=O)c2[nH]1. The summed E-state index contributed by atoms with van der Waals surface area (Å²) in [5.41, 5.74) is 2.48. The first-order valence-electron chi connectivity index (χ1n) is 10.1. The molecule has 34 heavy (non-hydrogen) atoms. The van der Waals surface area contributed by atoms with E-state index in [1.165, 1.54) is 11.6 Å². The van der Waals surface area contributed by atoms with Crippen LogP contribution in [0.25, 0.3) is 21.3 Å². The zero-order valence-electron chi connectivity index (χ0n) is 19.1. The highest BCUT2D eigenvalue weighted by atomic mass is 32.2. The number of nitrogens with zero attached hydrogens (tertiary/aromatic N) is 2. The Kier molecular flexibility index (Phi) is 5.84. The third kappa shape index (κ3) is 3.89. The lowest BCUT2D eigenvalue weighted by Crippen LogP contribution is -2.19. The van der Waals surface area contributed by atoms with E-state index in [-0.39, 0.29) is 21.0 Å². The number of aromatic nitrogens is 3. The van der Waals surface area contributed by atoms with Gasteiger partial charge in [-0.2, -0.15) is 0 Å². The quantitative estimate of drug-likeness (QED) is 0.383. The normalized spacial score (nSPS) is 11.7. The molecule has 178 valence electrons. The first-order chi connectivity index (χ1) is 15.9.